The highest BCUT2D eigenvalue weighted by Gasteiger charge is 2.35. The number of nitrogens with zero attached hydrogens (tertiary/aromatic N) is 3. The SMILES string of the molecule is Cc1c(C(F)(F)F)ncn(Cc2cnc(-c3cccc(F)c3)[nH]c2=O)c1=O. The van der Waals surface area contributed by atoms with Gasteiger partial charge in [-0.25, -0.2) is 14.4 Å². The molecule has 1 N–H and O–H groups in total. The van der Waals surface area contributed by atoms with Gasteiger partial charge in [-0.3, -0.25) is 14.2 Å². The number of halogens is 4. The van der Waals surface area contributed by atoms with Crippen LogP contribution in [0.4, 0.5) is 17.6 Å². The number of nitrogens with one attached hydrogen (secondary N) is 1. The minimum Gasteiger partial charge on any atom is -0.306 e. The van der Waals surface area contributed by atoms with E-state index in [2.05, 4.69) is 15.0 Å². The van der Waals surface area contributed by atoms with Gasteiger partial charge in [0.15, 0.2) is 5.69 Å². The van der Waals surface area contributed by atoms with E-state index in [0.717, 1.165) is 17.8 Å². The average Bonchev–Trinajstić information content (AvgIpc) is 2.59. The van der Waals surface area contributed by atoms with Gasteiger partial charge in [0.25, 0.3) is 11.1 Å². The lowest BCUT2D eigenvalue weighted by molar-refractivity contribution is -0.141. The van der Waals surface area contributed by atoms with E-state index in [9.17, 15) is 27.2 Å². The fourth-order valence-electron chi connectivity index (χ4n) is 2.49. The molecule has 0 amide bonds. The summed E-state index contributed by atoms with van der Waals surface area (Å²) in [6, 6.07) is 5.43. The molecule has 0 unspecified atom stereocenters. The van der Waals surface area contributed by atoms with Gasteiger partial charge in [0.05, 0.1) is 18.4 Å². The molecule has 0 atom stereocenters. The van der Waals surface area contributed by atoms with Crippen LogP contribution in [0.5, 0.6) is 0 Å². The summed E-state index contributed by atoms with van der Waals surface area (Å²) in [5.41, 5.74) is -2.95. The number of hydrogen-bond donors (Lipinski definition) is 1. The first kappa shape index (κ1) is 18.5. The van der Waals surface area contributed by atoms with Crippen LogP contribution < -0.4 is 11.1 Å². The number of alkyl halides is 3. The Bertz CT molecular complexity index is 1120. The molecule has 0 fully saturated rings. The van der Waals surface area contributed by atoms with Crippen molar-refractivity contribution in [1.29, 1.82) is 0 Å². The molecule has 3 aromatic rings. The molecule has 6 nitrogen and oxygen atoms in total. The zero-order valence-corrected chi connectivity index (χ0v) is 13.8. The first-order chi connectivity index (χ1) is 12.7. The third kappa shape index (κ3) is 3.78. The largest absolute Gasteiger partial charge is 0.433 e. The van der Waals surface area contributed by atoms with Gasteiger partial charge in [-0.05, 0) is 19.1 Å². The van der Waals surface area contributed by atoms with Crippen molar-refractivity contribution < 1.29 is 17.6 Å². The van der Waals surface area contributed by atoms with Crippen molar-refractivity contribution in [3.8, 4) is 11.4 Å². The zero-order chi connectivity index (χ0) is 19.8. The third-order valence-corrected chi connectivity index (χ3v) is 3.84. The molecule has 0 spiro atoms. The molecule has 27 heavy (non-hydrogen) atoms. The molecule has 140 valence electrons. The van der Waals surface area contributed by atoms with Crippen LogP contribution in [0.25, 0.3) is 11.4 Å². The van der Waals surface area contributed by atoms with Crippen molar-refractivity contribution in [3.05, 3.63) is 80.1 Å². The quantitative estimate of drug-likeness (QED) is 0.708. The fraction of sp³-hybridized carbons (Fsp3) is 0.176. The van der Waals surface area contributed by atoms with Crippen molar-refractivity contribution in [2.24, 2.45) is 0 Å². The predicted octanol–water partition coefficient (Wildman–Crippen LogP) is 2.51. The van der Waals surface area contributed by atoms with Crippen LogP contribution >= 0.6 is 0 Å². The minimum absolute atomic E-state index is 0.0400. The third-order valence-electron chi connectivity index (χ3n) is 3.84. The van der Waals surface area contributed by atoms with E-state index in [1.165, 1.54) is 24.4 Å². The Morgan fingerprint density at radius 3 is 2.56 bits per heavy atom. The fourth-order valence-corrected chi connectivity index (χ4v) is 2.49. The maximum atomic E-state index is 13.3. The second-order valence-electron chi connectivity index (χ2n) is 5.75. The van der Waals surface area contributed by atoms with Gasteiger partial charge < -0.3 is 4.98 Å². The van der Waals surface area contributed by atoms with Crippen molar-refractivity contribution in [2.45, 2.75) is 19.6 Å². The van der Waals surface area contributed by atoms with Crippen molar-refractivity contribution in [1.82, 2.24) is 19.5 Å². The molecule has 3 rings (SSSR count). The van der Waals surface area contributed by atoms with E-state index < -0.39 is 34.4 Å². The van der Waals surface area contributed by atoms with E-state index in [-0.39, 0.29) is 17.9 Å². The first-order valence-corrected chi connectivity index (χ1v) is 7.64. The van der Waals surface area contributed by atoms with E-state index >= 15 is 0 Å². The van der Waals surface area contributed by atoms with Crippen LogP contribution in [0.3, 0.4) is 0 Å². The Kier molecular flexibility index (Phi) is 4.64. The van der Waals surface area contributed by atoms with Crippen molar-refractivity contribution >= 4 is 0 Å². The molecule has 0 aliphatic carbocycles. The van der Waals surface area contributed by atoms with Crippen molar-refractivity contribution in [3.63, 3.8) is 0 Å². The smallest absolute Gasteiger partial charge is 0.306 e. The summed E-state index contributed by atoms with van der Waals surface area (Å²) in [7, 11) is 0. The normalized spacial score (nSPS) is 11.6. The summed E-state index contributed by atoms with van der Waals surface area (Å²) >= 11 is 0. The van der Waals surface area contributed by atoms with Crippen LogP contribution in [0.15, 0.2) is 46.4 Å². The van der Waals surface area contributed by atoms with Crippen LogP contribution in [0.2, 0.25) is 0 Å². The summed E-state index contributed by atoms with van der Waals surface area (Å²) in [4.78, 5) is 34.1. The van der Waals surface area contributed by atoms with Gasteiger partial charge in [-0.2, -0.15) is 13.2 Å². The van der Waals surface area contributed by atoms with Crippen LogP contribution in [-0.2, 0) is 12.7 Å². The average molecular weight is 380 g/mol. The molecule has 1 aromatic carbocycles. The molecule has 0 aliphatic rings. The molecule has 0 bridgehead atoms. The maximum Gasteiger partial charge on any atom is 0.433 e. The Hall–Kier alpha value is -3.30. The van der Waals surface area contributed by atoms with Gasteiger partial charge in [0.1, 0.15) is 11.6 Å². The van der Waals surface area contributed by atoms with E-state index in [1.807, 2.05) is 0 Å². The zero-order valence-electron chi connectivity index (χ0n) is 13.8. The van der Waals surface area contributed by atoms with E-state index in [1.54, 1.807) is 6.07 Å². The Balaban J connectivity index is 1.94. The van der Waals surface area contributed by atoms with Gasteiger partial charge in [0.2, 0.25) is 0 Å². The minimum atomic E-state index is -4.74. The van der Waals surface area contributed by atoms with E-state index in [4.69, 9.17) is 0 Å². The second kappa shape index (κ2) is 6.78. The lowest BCUT2D eigenvalue weighted by atomic mass is 10.2. The highest BCUT2D eigenvalue weighted by Crippen LogP contribution is 2.28. The standard InChI is InChI=1S/C17H12F4N4O2/c1-9-13(17(19,20)21)23-8-25(16(9)27)7-11-6-22-14(24-15(11)26)10-3-2-4-12(18)5-10/h2-6,8H,7H2,1H3,(H,22,24,26). The molecule has 0 radical (unpaired) electrons. The topological polar surface area (TPSA) is 80.6 Å². The number of rotatable bonds is 3. The first-order valence-electron chi connectivity index (χ1n) is 7.64. The maximum absolute atomic E-state index is 13.3. The Morgan fingerprint density at radius 2 is 1.93 bits per heavy atom. The molecular formula is C17H12F4N4O2. The Morgan fingerprint density at radius 1 is 1.19 bits per heavy atom. The number of benzene rings is 1. The van der Waals surface area contributed by atoms with Crippen LogP contribution in [0, 0.1) is 12.7 Å². The van der Waals surface area contributed by atoms with Crippen LogP contribution in [0.1, 0.15) is 16.8 Å². The van der Waals surface area contributed by atoms with Gasteiger partial charge in [0, 0.05) is 17.3 Å². The van der Waals surface area contributed by atoms with E-state index in [0.29, 0.717) is 5.56 Å². The van der Waals surface area contributed by atoms with Gasteiger partial charge in [-0.15, -0.1) is 0 Å². The highest BCUT2D eigenvalue weighted by atomic mass is 19.4. The molecule has 0 saturated carbocycles. The molecule has 10 heteroatoms. The summed E-state index contributed by atoms with van der Waals surface area (Å²) in [5.74, 6) is -0.380. The number of hydrogen-bond acceptors (Lipinski definition) is 4. The molecule has 2 heterocycles. The monoisotopic (exact) mass is 380 g/mol. The van der Waals surface area contributed by atoms with Crippen molar-refractivity contribution in [2.75, 3.05) is 0 Å². The lowest BCUT2D eigenvalue weighted by Crippen LogP contribution is -2.29. The Labute approximate surface area is 149 Å². The highest BCUT2D eigenvalue weighted by molar-refractivity contribution is 5.54. The predicted molar refractivity (Wildman–Crippen MR) is 87.6 cm³/mol. The number of aromatic nitrogens is 4. The summed E-state index contributed by atoms with van der Waals surface area (Å²) in [6.45, 7) is 0.709. The van der Waals surface area contributed by atoms with Crippen LogP contribution in [-0.4, -0.2) is 19.5 Å². The van der Waals surface area contributed by atoms with Gasteiger partial charge in [-0.1, -0.05) is 12.1 Å². The summed E-state index contributed by atoms with van der Waals surface area (Å²) in [6.07, 6.45) is -2.83. The summed E-state index contributed by atoms with van der Waals surface area (Å²) in [5, 5.41) is 0. The molecule has 0 saturated heterocycles. The molecular weight excluding hydrogens is 368 g/mol. The summed E-state index contributed by atoms with van der Waals surface area (Å²) < 4.78 is 52.5. The lowest BCUT2D eigenvalue weighted by Gasteiger charge is -2.11. The van der Waals surface area contributed by atoms with Gasteiger partial charge >= 0.3 is 6.18 Å². The second-order valence-corrected chi connectivity index (χ2v) is 5.75. The number of aromatic amines is 1. The molecule has 2 aromatic heterocycles. The molecule has 0 aliphatic heterocycles. The number of H-pyrrole nitrogens is 1.